The van der Waals surface area contributed by atoms with Crippen molar-refractivity contribution < 1.29 is 0 Å². The fraction of sp³-hybridized carbons (Fsp3) is 0.417. The molecule has 1 aromatic carbocycles. The summed E-state index contributed by atoms with van der Waals surface area (Å²) in [4.78, 5) is 23.1. The molecule has 0 amide bonds. The van der Waals surface area contributed by atoms with Gasteiger partial charge in [0.1, 0.15) is 5.52 Å². The molecule has 8 heteroatoms. The molecule has 0 radical (unpaired) electrons. The first-order valence-corrected chi connectivity index (χ1v) is 10.9. The van der Waals surface area contributed by atoms with E-state index in [9.17, 15) is 4.79 Å². The summed E-state index contributed by atoms with van der Waals surface area (Å²) in [6.07, 6.45) is 3.69. The van der Waals surface area contributed by atoms with Gasteiger partial charge in [0.25, 0.3) is 5.56 Å². The third-order valence-corrected chi connectivity index (χ3v) is 5.33. The van der Waals surface area contributed by atoms with Crippen molar-refractivity contribution >= 4 is 17.0 Å². The summed E-state index contributed by atoms with van der Waals surface area (Å²) in [5.74, 6) is 0.959. The first kappa shape index (κ1) is 21.8. The molecule has 1 N–H and O–H groups in total. The van der Waals surface area contributed by atoms with Crippen LogP contribution >= 0.6 is 0 Å². The van der Waals surface area contributed by atoms with E-state index in [1.807, 2.05) is 29.1 Å². The highest BCUT2D eigenvalue weighted by Crippen LogP contribution is 2.27. The van der Waals surface area contributed by atoms with Crippen molar-refractivity contribution in [2.24, 2.45) is 13.0 Å². The van der Waals surface area contributed by atoms with Gasteiger partial charge in [-0.2, -0.15) is 10.2 Å². The summed E-state index contributed by atoms with van der Waals surface area (Å²) < 4.78 is 3.47. The Morgan fingerprint density at radius 2 is 1.97 bits per heavy atom. The van der Waals surface area contributed by atoms with E-state index in [0.717, 1.165) is 23.5 Å². The summed E-state index contributed by atoms with van der Waals surface area (Å²) in [5.41, 5.74) is 3.71. The lowest BCUT2D eigenvalue weighted by atomic mass is 9.91. The third-order valence-electron chi connectivity index (χ3n) is 5.33. The number of nitrogens with one attached hydrogen (secondary N) is 1. The molecule has 8 nitrogen and oxygen atoms in total. The molecule has 0 saturated carbocycles. The normalized spacial score (nSPS) is 12.1. The molecule has 3 aromatic heterocycles. The smallest absolute Gasteiger partial charge is 0.278 e. The molecule has 32 heavy (non-hydrogen) atoms. The maximum atomic E-state index is 13.0. The number of hydrogen-bond acceptors (Lipinski definition) is 5. The summed E-state index contributed by atoms with van der Waals surface area (Å²) in [6.45, 7) is 12.0. The second kappa shape index (κ2) is 8.26. The molecule has 3 heterocycles. The molecular weight excluding hydrogens is 402 g/mol. The van der Waals surface area contributed by atoms with Crippen molar-refractivity contribution in [3.63, 3.8) is 0 Å². The Morgan fingerprint density at radius 1 is 1.19 bits per heavy atom. The Balaban J connectivity index is 1.77. The number of rotatable bonds is 6. The zero-order valence-electron chi connectivity index (χ0n) is 19.6. The van der Waals surface area contributed by atoms with Gasteiger partial charge in [0.15, 0.2) is 5.52 Å². The lowest BCUT2D eigenvalue weighted by Crippen LogP contribution is -2.31. The Kier molecular flexibility index (Phi) is 5.62. The van der Waals surface area contributed by atoms with Crippen molar-refractivity contribution in [3.8, 4) is 5.69 Å². The highest BCUT2D eigenvalue weighted by molar-refractivity contribution is 5.78. The zero-order chi connectivity index (χ0) is 23.0. The molecule has 0 spiro atoms. The molecule has 0 bridgehead atoms. The lowest BCUT2D eigenvalue weighted by molar-refractivity contribution is 0.557. The predicted molar refractivity (Wildman–Crippen MR) is 127 cm³/mol. The third kappa shape index (κ3) is 4.30. The summed E-state index contributed by atoms with van der Waals surface area (Å²) in [7, 11) is 1.79. The molecule has 0 aliphatic rings. The average molecular weight is 434 g/mol. The van der Waals surface area contributed by atoms with Crippen LogP contribution in [-0.2, 0) is 19.0 Å². The van der Waals surface area contributed by atoms with Crippen molar-refractivity contribution in [1.82, 2.24) is 29.5 Å². The number of benzene rings is 1. The van der Waals surface area contributed by atoms with Crippen molar-refractivity contribution in [1.29, 1.82) is 0 Å². The summed E-state index contributed by atoms with van der Waals surface area (Å²) >= 11 is 0. The van der Waals surface area contributed by atoms with Crippen LogP contribution in [0.5, 0.6) is 0 Å². The van der Waals surface area contributed by atoms with Crippen molar-refractivity contribution in [3.05, 3.63) is 64.3 Å². The largest absolute Gasteiger partial charge is 0.338 e. The molecule has 0 aliphatic carbocycles. The van der Waals surface area contributed by atoms with Crippen LogP contribution in [0.25, 0.3) is 16.7 Å². The fourth-order valence-electron chi connectivity index (χ4n) is 3.93. The van der Waals surface area contributed by atoms with E-state index in [1.54, 1.807) is 17.9 Å². The van der Waals surface area contributed by atoms with Gasteiger partial charge in [0.2, 0.25) is 5.95 Å². The number of aryl methyl sites for hydroxylation is 1. The minimum Gasteiger partial charge on any atom is -0.338 e. The standard InChI is InChI=1S/C24H31N7O/c1-16(2)14-30(15-17-9-7-10-18(13-17)31-12-8-11-25-31)23-26-19-20(22(32)27-23)29(6)28-21(19)24(3,4)5/h7-13,16H,14-15H2,1-6H3,(H,26,27,32). The highest BCUT2D eigenvalue weighted by Gasteiger charge is 2.26. The molecule has 0 unspecified atom stereocenters. The van der Waals surface area contributed by atoms with Crippen LogP contribution < -0.4 is 10.5 Å². The maximum Gasteiger partial charge on any atom is 0.278 e. The van der Waals surface area contributed by atoms with E-state index in [-0.39, 0.29) is 11.0 Å². The van der Waals surface area contributed by atoms with Gasteiger partial charge in [-0.15, -0.1) is 0 Å². The number of nitrogens with zero attached hydrogens (tertiary/aromatic N) is 6. The van der Waals surface area contributed by atoms with Gasteiger partial charge < -0.3 is 4.90 Å². The number of aromatic nitrogens is 6. The Labute approximate surface area is 187 Å². The molecular formula is C24H31N7O. The number of H-pyrrole nitrogens is 1. The Hall–Kier alpha value is -3.42. The first-order valence-electron chi connectivity index (χ1n) is 10.9. The summed E-state index contributed by atoms with van der Waals surface area (Å²) in [6, 6.07) is 10.2. The molecule has 168 valence electrons. The Morgan fingerprint density at radius 3 is 2.62 bits per heavy atom. The van der Waals surface area contributed by atoms with Crippen LogP contribution in [-0.4, -0.2) is 36.1 Å². The number of anilines is 1. The molecule has 4 rings (SSSR count). The van der Waals surface area contributed by atoms with Crippen LogP contribution in [0, 0.1) is 5.92 Å². The second-order valence-electron chi connectivity index (χ2n) is 9.70. The van der Waals surface area contributed by atoms with Gasteiger partial charge in [-0.25, -0.2) is 9.67 Å². The van der Waals surface area contributed by atoms with E-state index < -0.39 is 0 Å². The van der Waals surface area contributed by atoms with E-state index in [2.05, 4.69) is 66.8 Å². The van der Waals surface area contributed by atoms with Gasteiger partial charge in [0, 0.05) is 37.9 Å². The maximum absolute atomic E-state index is 13.0. The molecule has 0 aliphatic heterocycles. The minimum absolute atomic E-state index is 0.172. The van der Waals surface area contributed by atoms with Crippen LogP contribution in [0.4, 0.5) is 5.95 Å². The van der Waals surface area contributed by atoms with Crippen LogP contribution in [0.1, 0.15) is 45.9 Å². The van der Waals surface area contributed by atoms with E-state index in [1.165, 1.54) is 0 Å². The quantitative estimate of drug-likeness (QED) is 0.500. The fourth-order valence-corrected chi connectivity index (χ4v) is 3.93. The lowest BCUT2D eigenvalue weighted by Gasteiger charge is -2.25. The first-order chi connectivity index (χ1) is 15.1. The van der Waals surface area contributed by atoms with Crippen molar-refractivity contribution in [2.75, 3.05) is 11.4 Å². The van der Waals surface area contributed by atoms with Crippen LogP contribution in [0.3, 0.4) is 0 Å². The SMILES string of the molecule is CC(C)CN(Cc1cccc(-n2cccn2)c1)c1nc2c(C(C)(C)C)nn(C)c2c(=O)[nH]1. The van der Waals surface area contributed by atoms with Crippen LogP contribution in [0.2, 0.25) is 0 Å². The van der Waals surface area contributed by atoms with E-state index in [4.69, 9.17) is 4.98 Å². The number of aromatic amines is 1. The average Bonchev–Trinajstić information content (AvgIpc) is 3.35. The summed E-state index contributed by atoms with van der Waals surface area (Å²) in [5, 5.41) is 8.94. The van der Waals surface area contributed by atoms with Crippen molar-refractivity contribution in [2.45, 2.75) is 46.6 Å². The number of hydrogen-bond donors (Lipinski definition) is 1. The molecule has 0 saturated heterocycles. The minimum atomic E-state index is -0.224. The highest BCUT2D eigenvalue weighted by atomic mass is 16.1. The van der Waals surface area contributed by atoms with Gasteiger partial charge in [-0.05, 0) is 29.7 Å². The van der Waals surface area contributed by atoms with Gasteiger partial charge in [-0.1, -0.05) is 46.8 Å². The zero-order valence-corrected chi connectivity index (χ0v) is 19.6. The Bertz CT molecular complexity index is 1280. The van der Waals surface area contributed by atoms with Gasteiger partial charge >= 0.3 is 0 Å². The van der Waals surface area contributed by atoms with Crippen LogP contribution in [0.15, 0.2) is 47.5 Å². The second-order valence-corrected chi connectivity index (χ2v) is 9.70. The topological polar surface area (TPSA) is 84.6 Å². The van der Waals surface area contributed by atoms with Gasteiger partial charge in [-0.3, -0.25) is 14.5 Å². The van der Waals surface area contributed by atoms with Gasteiger partial charge in [0.05, 0.1) is 11.4 Å². The molecule has 4 aromatic rings. The van der Waals surface area contributed by atoms with E-state index in [0.29, 0.717) is 29.4 Å². The monoisotopic (exact) mass is 433 g/mol. The molecule has 0 atom stereocenters. The molecule has 0 fully saturated rings. The predicted octanol–water partition coefficient (Wildman–Crippen LogP) is 3.80. The van der Waals surface area contributed by atoms with E-state index >= 15 is 0 Å². The number of fused-ring (bicyclic) bond motifs is 1.